The van der Waals surface area contributed by atoms with Crippen LogP contribution in [-0.2, 0) is 30.9 Å². The first-order chi connectivity index (χ1) is 15.4. The zero-order chi connectivity index (χ0) is 24.4. The molecule has 0 unspecified atom stereocenters. The molecule has 5 nitrogen and oxygen atoms in total. The minimum absolute atomic E-state index is 0.226. The second-order valence-corrected chi connectivity index (χ2v) is 9.70. The number of ether oxygens (including phenoxy) is 1. The van der Waals surface area contributed by atoms with Gasteiger partial charge in [0.05, 0.1) is 11.8 Å². The van der Waals surface area contributed by atoms with E-state index in [9.17, 15) is 26.4 Å². The summed E-state index contributed by atoms with van der Waals surface area (Å²) in [7, 11) is -5.81. The van der Waals surface area contributed by atoms with E-state index in [1.165, 1.54) is 24.5 Å². The molecule has 9 heteroatoms. The van der Waals surface area contributed by atoms with Crippen molar-refractivity contribution >= 4 is 27.9 Å². The second kappa shape index (κ2) is 9.05. The maximum atomic E-state index is 12.8. The number of carbonyl (C=O) groups is 1. The molecule has 1 aliphatic carbocycles. The van der Waals surface area contributed by atoms with E-state index in [4.69, 9.17) is 4.74 Å². The zero-order valence-electron chi connectivity index (χ0n) is 18.3. The first-order valence-corrected chi connectivity index (χ1v) is 11.6. The average molecular weight is 481 g/mol. The summed E-state index contributed by atoms with van der Waals surface area (Å²) >= 11 is 0. The molecule has 0 spiro atoms. The van der Waals surface area contributed by atoms with Crippen molar-refractivity contribution < 1.29 is 35.3 Å². The lowest BCUT2D eigenvalue weighted by atomic mass is 9.75. The molecule has 1 aliphatic rings. The summed E-state index contributed by atoms with van der Waals surface area (Å²) in [6.45, 7) is 5.70. The van der Waals surface area contributed by atoms with Gasteiger partial charge in [0.15, 0.2) is 0 Å². The fraction of sp³-hybridized carbons (Fsp3) is 0.292. The Morgan fingerprint density at radius 3 is 2.52 bits per heavy atom. The topological polar surface area (TPSA) is 69.7 Å². The second-order valence-electron chi connectivity index (χ2n) is 8.16. The van der Waals surface area contributed by atoms with Crippen LogP contribution in [0.2, 0.25) is 0 Å². The quantitative estimate of drug-likeness (QED) is 0.221. The predicted octanol–water partition coefficient (Wildman–Crippen LogP) is 5.97. The molecular formula is C24H23F3O5S. The van der Waals surface area contributed by atoms with Crippen LogP contribution < -0.4 is 0 Å². The van der Waals surface area contributed by atoms with Crippen molar-refractivity contribution in [2.75, 3.05) is 0 Å². The highest BCUT2D eigenvalue weighted by Crippen LogP contribution is 2.41. The lowest BCUT2D eigenvalue weighted by Crippen LogP contribution is -2.27. The number of esters is 1. The number of fused-ring (bicyclic) bond motifs is 1. The number of aryl methyl sites for hydroxylation is 1. The van der Waals surface area contributed by atoms with Crippen molar-refractivity contribution in [3.63, 3.8) is 0 Å². The minimum atomic E-state index is -5.81. The van der Waals surface area contributed by atoms with Gasteiger partial charge in [-0.25, -0.2) is 4.79 Å². The third-order valence-corrected chi connectivity index (χ3v) is 6.34. The van der Waals surface area contributed by atoms with E-state index >= 15 is 0 Å². The molecule has 0 aromatic heterocycles. The normalized spacial score (nSPS) is 15.6. The number of allylic oxidation sites excluding steroid dienone is 1. The number of carbonyl (C=O) groups excluding carboxylic acids is 1. The van der Waals surface area contributed by atoms with Gasteiger partial charge < -0.3 is 8.92 Å². The lowest BCUT2D eigenvalue weighted by molar-refractivity contribution is -0.0509. The Balaban J connectivity index is 1.87. The van der Waals surface area contributed by atoms with Crippen LogP contribution in [0.5, 0.6) is 0 Å². The van der Waals surface area contributed by atoms with E-state index in [1.54, 1.807) is 24.3 Å². The van der Waals surface area contributed by atoms with Crippen LogP contribution in [0.25, 0.3) is 11.8 Å². The SMILES string of the molecule is CCc1ccccc1C(=O)OC=Cc1ccc2c(c1)C(OS(=O)(=O)C(F)(F)F)=CCC2(C)C. The minimum Gasteiger partial charge on any atom is -0.431 e. The highest BCUT2D eigenvalue weighted by atomic mass is 32.2. The van der Waals surface area contributed by atoms with Gasteiger partial charge in [0.25, 0.3) is 0 Å². The standard InChI is InChI=1S/C24H23F3O5S/c1-4-17-7-5-6-8-18(17)22(28)31-14-12-16-9-10-20-19(15-16)21(11-13-23(20,2)3)32-33(29,30)24(25,26)27/h5-12,14-15H,4,13H2,1-3H3. The highest BCUT2D eigenvalue weighted by Gasteiger charge is 2.49. The molecule has 0 saturated carbocycles. The number of alkyl halides is 3. The van der Waals surface area contributed by atoms with Crippen LogP contribution in [0.15, 0.2) is 54.8 Å². The van der Waals surface area contributed by atoms with Crippen molar-refractivity contribution in [1.29, 1.82) is 0 Å². The monoisotopic (exact) mass is 480 g/mol. The van der Waals surface area contributed by atoms with Crippen LogP contribution >= 0.6 is 0 Å². The van der Waals surface area contributed by atoms with E-state index in [-0.39, 0.29) is 11.3 Å². The third kappa shape index (κ3) is 5.30. The molecule has 0 bridgehead atoms. The predicted molar refractivity (Wildman–Crippen MR) is 118 cm³/mol. The summed E-state index contributed by atoms with van der Waals surface area (Å²) < 4.78 is 71.2. The zero-order valence-corrected chi connectivity index (χ0v) is 19.1. The molecule has 0 N–H and O–H groups in total. The van der Waals surface area contributed by atoms with Crippen molar-refractivity contribution in [3.8, 4) is 0 Å². The van der Waals surface area contributed by atoms with Gasteiger partial charge in [-0.15, -0.1) is 0 Å². The maximum Gasteiger partial charge on any atom is 0.534 e. The van der Waals surface area contributed by atoms with Crippen molar-refractivity contribution in [2.45, 2.75) is 44.5 Å². The summed E-state index contributed by atoms with van der Waals surface area (Å²) in [5.74, 6) is -0.922. The van der Waals surface area contributed by atoms with Crippen LogP contribution in [0.4, 0.5) is 13.2 Å². The van der Waals surface area contributed by atoms with Gasteiger partial charge in [0, 0.05) is 5.56 Å². The molecular weight excluding hydrogens is 457 g/mol. The molecule has 33 heavy (non-hydrogen) atoms. The third-order valence-electron chi connectivity index (χ3n) is 5.37. The van der Waals surface area contributed by atoms with Gasteiger partial charge in [-0.05, 0) is 59.2 Å². The average Bonchev–Trinajstić information content (AvgIpc) is 2.74. The molecule has 0 radical (unpaired) electrons. The smallest absolute Gasteiger partial charge is 0.431 e. The first-order valence-electron chi connectivity index (χ1n) is 10.2. The van der Waals surface area contributed by atoms with Crippen LogP contribution in [0, 0.1) is 0 Å². The number of rotatable bonds is 6. The van der Waals surface area contributed by atoms with Crippen LogP contribution in [-0.4, -0.2) is 19.9 Å². The molecule has 0 saturated heterocycles. The van der Waals surface area contributed by atoms with E-state index < -0.39 is 27.0 Å². The van der Waals surface area contributed by atoms with Crippen LogP contribution in [0.3, 0.4) is 0 Å². The van der Waals surface area contributed by atoms with Crippen LogP contribution in [0.1, 0.15) is 59.8 Å². The van der Waals surface area contributed by atoms with E-state index in [0.29, 0.717) is 29.5 Å². The molecule has 0 heterocycles. The molecule has 2 aromatic rings. The Bertz CT molecular complexity index is 1220. The van der Waals surface area contributed by atoms with Crippen molar-refractivity contribution in [3.05, 3.63) is 82.6 Å². The first kappa shape index (κ1) is 24.6. The summed E-state index contributed by atoms with van der Waals surface area (Å²) in [5, 5.41) is 0. The van der Waals surface area contributed by atoms with Gasteiger partial charge in [0.1, 0.15) is 5.76 Å². The molecule has 0 atom stereocenters. The molecule has 0 fully saturated rings. The Morgan fingerprint density at radius 1 is 1.15 bits per heavy atom. The number of hydrogen-bond donors (Lipinski definition) is 0. The summed E-state index contributed by atoms with van der Waals surface area (Å²) in [4.78, 5) is 12.4. The van der Waals surface area contributed by atoms with Crippen molar-refractivity contribution in [1.82, 2.24) is 0 Å². The molecule has 3 rings (SSSR count). The van der Waals surface area contributed by atoms with Gasteiger partial charge in [-0.2, -0.15) is 21.6 Å². The molecule has 176 valence electrons. The Morgan fingerprint density at radius 2 is 1.85 bits per heavy atom. The molecule has 0 amide bonds. The van der Waals surface area contributed by atoms with Gasteiger partial charge in [0.2, 0.25) is 0 Å². The maximum absolute atomic E-state index is 12.8. The summed E-state index contributed by atoms with van der Waals surface area (Å²) in [6.07, 6.45) is 4.93. The van der Waals surface area contributed by atoms with E-state index in [1.807, 2.05) is 32.9 Å². The van der Waals surface area contributed by atoms with E-state index in [2.05, 4.69) is 4.18 Å². The Kier molecular flexibility index (Phi) is 6.74. The number of benzene rings is 2. The number of halogens is 3. The lowest BCUT2D eigenvalue weighted by Gasteiger charge is -2.31. The fourth-order valence-corrected chi connectivity index (χ4v) is 4.03. The Hall–Kier alpha value is -3.07. The largest absolute Gasteiger partial charge is 0.534 e. The van der Waals surface area contributed by atoms with Crippen molar-refractivity contribution in [2.24, 2.45) is 0 Å². The summed E-state index contributed by atoms with van der Waals surface area (Å²) in [6, 6.07) is 11.9. The molecule has 0 aliphatic heterocycles. The Labute approximate surface area is 190 Å². The van der Waals surface area contributed by atoms with Gasteiger partial charge in [-0.3, -0.25) is 0 Å². The molecule has 2 aromatic carbocycles. The van der Waals surface area contributed by atoms with E-state index in [0.717, 1.165) is 5.56 Å². The van der Waals surface area contributed by atoms with Gasteiger partial charge >= 0.3 is 21.6 Å². The number of hydrogen-bond acceptors (Lipinski definition) is 5. The van der Waals surface area contributed by atoms with Gasteiger partial charge in [-0.1, -0.05) is 51.1 Å². The fourth-order valence-electron chi connectivity index (χ4n) is 3.54. The summed E-state index contributed by atoms with van der Waals surface area (Å²) in [5.41, 5.74) is -3.35. The highest BCUT2D eigenvalue weighted by molar-refractivity contribution is 7.87.